The zero-order valence-electron chi connectivity index (χ0n) is 18.6. The van der Waals surface area contributed by atoms with Crippen LogP contribution in [0.4, 0.5) is 13.2 Å². The van der Waals surface area contributed by atoms with Crippen LogP contribution in [0.5, 0.6) is 11.5 Å². The number of hydrogen-bond donors (Lipinski definition) is 1. The summed E-state index contributed by atoms with van der Waals surface area (Å²) in [5.74, 6) is -2.50. The molecule has 0 amide bonds. The first-order valence-corrected chi connectivity index (χ1v) is 10.6. The molecule has 0 aromatic heterocycles. The molecule has 0 spiro atoms. The second-order valence-electron chi connectivity index (χ2n) is 6.53. The Hall–Kier alpha value is -3.94. The van der Waals surface area contributed by atoms with E-state index in [4.69, 9.17) is 0 Å². The van der Waals surface area contributed by atoms with Crippen LogP contribution >= 0.6 is 0 Å². The van der Waals surface area contributed by atoms with E-state index in [0.717, 1.165) is 26.2 Å². The van der Waals surface area contributed by atoms with Crippen molar-refractivity contribution in [2.75, 3.05) is 14.2 Å². The minimum atomic E-state index is -5.97. The van der Waals surface area contributed by atoms with E-state index in [-0.39, 0.29) is 34.3 Å². The van der Waals surface area contributed by atoms with Gasteiger partial charge in [0.25, 0.3) is 0 Å². The molecule has 0 aliphatic heterocycles. The Labute approximate surface area is 197 Å². The molecular weight excluding hydrogens is 501 g/mol. The standard InChI is InChI=1S/C11H9F3O6S.C10H10O4/c1-6-8(10(16)19-2)4-3-7(5-15)9(6)20-21(17,18)11(12,13)14;1-6-8(10(13)14-2)4-3-7(5-11)9(6)12/h3-5H,1-2H3;3-5,12H,1-2H3. The third-order valence-corrected chi connectivity index (χ3v) is 5.39. The van der Waals surface area contributed by atoms with Crippen LogP contribution in [0.3, 0.4) is 0 Å². The molecule has 0 fully saturated rings. The summed E-state index contributed by atoms with van der Waals surface area (Å²) in [6.07, 6.45) is 0.638. The van der Waals surface area contributed by atoms with Crippen LogP contribution in [0.1, 0.15) is 52.6 Å². The molecule has 190 valence electrons. The fourth-order valence-electron chi connectivity index (χ4n) is 2.55. The number of benzene rings is 2. The number of carbonyl (C=O) groups is 4. The van der Waals surface area contributed by atoms with Gasteiger partial charge in [0.1, 0.15) is 5.75 Å². The van der Waals surface area contributed by atoms with Gasteiger partial charge in [0.2, 0.25) is 0 Å². The number of esters is 2. The Kier molecular flexibility index (Phi) is 9.53. The number of aldehydes is 2. The van der Waals surface area contributed by atoms with Crippen molar-refractivity contribution in [2.45, 2.75) is 19.4 Å². The SMILES string of the molecule is COC(=O)c1ccc(C=O)c(O)c1C.COC(=O)c1ccc(C=O)c(OS(=O)(=O)C(F)(F)F)c1C. The maximum absolute atomic E-state index is 12.3. The molecule has 0 saturated heterocycles. The van der Waals surface area contributed by atoms with Crippen molar-refractivity contribution in [1.82, 2.24) is 0 Å². The molecule has 0 unspecified atom stereocenters. The van der Waals surface area contributed by atoms with Gasteiger partial charge in [-0.05, 0) is 38.1 Å². The monoisotopic (exact) mass is 520 g/mol. The van der Waals surface area contributed by atoms with Gasteiger partial charge < -0.3 is 18.8 Å². The third kappa shape index (κ3) is 6.56. The first-order valence-electron chi connectivity index (χ1n) is 9.20. The minimum absolute atomic E-state index is 0.106. The number of phenolic OH excluding ortho intramolecular Hbond substituents is 1. The maximum atomic E-state index is 12.3. The fourth-order valence-corrected chi connectivity index (χ4v) is 3.09. The van der Waals surface area contributed by atoms with Gasteiger partial charge >= 0.3 is 27.6 Å². The van der Waals surface area contributed by atoms with Crippen molar-refractivity contribution in [2.24, 2.45) is 0 Å². The van der Waals surface area contributed by atoms with E-state index in [1.807, 2.05) is 0 Å². The molecule has 2 aromatic carbocycles. The normalized spacial score (nSPS) is 10.9. The van der Waals surface area contributed by atoms with Crippen molar-refractivity contribution in [1.29, 1.82) is 0 Å². The van der Waals surface area contributed by atoms with Gasteiger partial charge in [-0.15, -0.1) is 0 Å². The predicted molar refractivity (Wildman–Crippen MR) is 113 cm³/mol. The lowest BCUT2D eigenvalue weighted by Gasteiger charge is -2.14. The van der Waals surface area contributed by atoms with Crippen LogP contribution in [0.15, 0.2) is 24.3 Å². The number of aromatic hydroxyl groups is 1. The first kappa shape index (κ1) is 29.1. The number of phenols is 1. The molecule has 0 heterocycles. The third-order valence-electron chi connectivity index (χ3n) is 4.44. The van der Waals surface area contributed by atoms with Gasteiger partial charge in [0, 0.05) is 11.1 Å². The molecule has 1 N–H and O–H groups in total. The molecule has 0 aliphatic carbocycles. The van der Waals surface area contributed by atoms with Gasteiger partial charge in [-0.3, -0.25) is 9.59 Å². The smallest absolute Gasteiger partial charge is 0.507 e. The van der Waals surface area contributed by atoms with E-state index < -0.39 is 38.9 Å². The molecular formula is C21H19F3O10S. The number of rotatable bonds is 6. The Balaban J connectivity index is 0.000000379. The summed E-state index contributed by atoms with van der Waals surface area (Å²) in [6.45, 7) is 2.68. The first-order chi connectivity index (χ1) is 16.2. The largest absolute Gasteiger partial charge is 0.534 e. The topological polar surface area (TPSA) is 150 Å². The molecule has 0 aliphatic rings. The zero-order chi connectivity index (χ0) is 27.1. The van der Waals surface area contributed by atoms with E-state index >= 15 is 0 Å². The lowest BCUT2D eigenvalue weighted by molar-refractivity contribution is -0.0500. The summed E-state index contributed by atoms with van der Waals surface area (Å²) < 4.78 is 71.8. The lowest BCUT2D eigenvalue weighted by Crippen LogP contribution is -2.29. The molecule has 35 heavy (non-hydrogen) atoms. The number of methoxy groups -OCH3 is 2. The maximum Gasteiger partial charge on any atom is 0.534 e. The summed E-state index contributed by atoms with van der Waals surface area (Å²) in [4.78, 5) is 43.8. The summed E-state index contributed by atoms with van der Waals surface area (Å²) >= 11 is 0. The molecule has 14 heteroatoms. The summed E-state index contributed by atoms with van der Waals surface area (Å²) in [5, 5.41) is 9.48. The summed E-state index contributed by atoms with van der Waals surface area (Å²) in [5.41, 5.74) is -5.84. The van der Waals surface area contributed by atoms with E-state index in [1.165, 1.54) is 19.2 Å². The van der Waals surface area contributed by atoms with Crippen molar-refractivity contribution >= 4 is 34.6 Å². The molecule has 0 radical (unpaired) electrons. The highest BCUT2D eigenvalue weighted by atomic mass is 32.2. The van der Waals surface area contributed by atoms with Crippen molar-refractivity contribution < 1.29 is 59.5 Å². The number of hydrogen-bond acceptors (Lipinski definition) is 10. The molecule has 0 atom stereocenters. The van der Waals surface area contributed by atoms with Crippen LogP contribution in [-0.2, 0) is 19.6 Å². The Morgan fingerprint density at radius 2 is 1.29 bits per heavy atom. The lowest BCUT2D eigenvalue weighted by atomic mass is 10.0. The van der Waals surface area contributed by atoms with Crippen LogP contribution in [0, 0.1) is 13.8 Å². The number of alkyl halides is 3. The zero-order valence-corrected chi connectivity index (χ0v) is 19.4. The number of halogens is 3. The van der Waals surface area contributed by atoms with E-state index in [9.17, 15) is 45.9 Å². The second kappa shape index (κ2) is 11.5. The molecule has 0 saturated carbocycles. The van der Waals surface area contributed by atoms with Gasteiger partial charge in [0.15, 0.2) is 18.3 Å². The van der Waals surface area contributed by atoms with Gasteiger partial charge in [-0.25, -0.2) is 9.59 Å². The highest BCUT2D eigenvalue weighted by Crippen LogP contribution is 2.32. The predicted octanol–water partition coefficient (Wildman–Crippen LogP) is 3.12. The fraction of sp³-hybridized carbons (Fsp3) is 0.238. The second-order valence-corrected chi connectivity index (χ2v) is 8.07. The summed E-state index contributed by atoms with van der Waals surface area (Å²) in [7, 11) is -3.68. The number of carbonyl (C=O) groups excluding carboxylic acids is 4. The van der Waals surface area contributed by atoms with Crippen molar-refractivity contribution in [3.8, 4) is 11.5 Å². The average molecular weight is 520 g/mol. The van der Waals surface area contributed by atoms with Gasteiger partial charge in [-0.1, -0.05) is 0 Å². The van der Waals surface area contributed by atoms with E-state index in [2.05, 4.69) is 13.7 Å². The van der Waals surface area contributed by atoms with Crippen LogP contribution in [0.25, 0.3) is 0 Å². The highest BCUT2D eigenvalue weighted by molar-refractivity contribution is 7.88. The Bertz CT molecular complexity index is 1250. The summed E-state index contributed by atoms with van der Waals surface area (Å²) in [6, 6.07) is 4.89. The van der Waals surface area contributed by atoms with Crippen molar-refractivity contribution in [3.63, 3.8) is 0 Å². The van der Waals surface area contributed by atoms with E-state index in [0.29, 0.717) is 11.8 Å². The molecule has 2 aromatic rings. The van der Waals surface area contributed by atoms with Crippen LogP contribution in [0.2, 0.25) is 0 Å². The molecule has 2 rings (SSSR count). The van der Waals surface area contributed by atoms with Gasteiger partial charge in [-0.2, -0.15) is 21.6 Å². The highest BCUT2D eigenvalue weighted by Gasteiger charge is 2.49. The Morgan fingerprint density at radius 3 is 1.69 bits per heavy atom. The van der Waals surface area contributed by atoms with Crippen LogP contribution in [-0.4, -0.2) is 57.8 Å². The van der Waals surface area contributed by atoms with Gasteiger partial charge in [0.05, 0.1) is 36.5 Å². The average Bonchev–Trinajstić information content (AvgIpc) is 2.80. The molecule has 0 bridgehead atoms. The molecule has 10 nitrogen and oxygen atoms in total. The van der Waals surface area contributed by atoms with E-state index in [1.54, 1.807) is 6.92 Å². The Morgan fingerprint density at radius 1 is 0.857 bits per heavy atom. The minimum Gasteiger partial charge on any atom is -0.507 e. The number of ether oxygens (including phenoxy) is 2. The van der Waals surface area contributed by atoms with Crippen LogP contribution < -0.4 is 4.18 Å². The van der Waals surface area contributed by atoms with Crippen molar-refractivity contribution in [3.05, 3.63) is 57.6 Å². The quantitative estimate of drug-likeness (QED) is 0.260.